The molecule has 0 unspecified atom stereocenters. The largest absolute Gasteiger partial charge is 0.494 e. The molecule has 0 spiro atoms. The van der Waals surface area contributed by atoms with Crippen molar-refractivity contribution >= 4 is 29.6 Å². The first-order valence-electron chi connectivity index (χ1n) is 13.2. The van der Waals surface area contributed by atoms with Crippen molar-refractivity contribution in [3.05, 3.63) is 107 Å². The third kappa shape index (κ3) is 8.67. The summed E-state index contributed by atoms with van der Waals surface area (Å²) in [5, 5.41) is 8.93. The highest BCUT2D eigenvalue weighted by molar-refractivity contribution is 7.98. The third-order valence-electron chi connectivity index (χ3n) is 6.18. The van der Waals surface area contributed by atoms with Crippen molar-refractivity contribution in [3.63, 3.8) is 0 Å². The van der Waals surface area contributed by atoms with Gasteiger partial charge in [0.05, 0.1) is 6.61 Å². The molecule has 3 N–H and O–H groups in total. The van der Waals surface area contributed by atoms with Crippen molar-refractivity contribution < 1.29 is 23.8 Å². The van der Waals surface area contributed by atoms with E-state index in [0.717, 1.165) is 28.2 Å². The molecule has 1 aliphatic heterocycles. The fraction of sp³-hybridized carbons (Fsp3) is 0.290. The molecule has 0 saturated heterocycles. The molecule has 0 aromatic heterocycles. The molecule has 3 aromatic carbocycles. The van der Waals surface area contributed by atoms with Gasteiger partial charge in [0, 0.05) is 43.1 Å². The van der Waals surface area contributed by atoms with Crippen molar-refractivity contribution in [2.75, 3.05) is 32.1 Å². The maximum Gasteiger partial charge on any atom is 0.266 e. The molecule has 1 amide bonds. The molecule has 0 saturated carbocycles. The van der Waals surface area contributed by atoms with Gasteiger partial charge >= 0.3 is 0 Å². The van der Waals surface area contributed by atoms with Gasteiger partial charge in [0.25, 0.3) is 5.91 Å². The van der Waals surface area contributed by atoms with Crippen LogP contribution in [0.1, 0.15) is 29.5 Å². The number of nitrogens with zero attached hydrogens (tertiary/aromatic N) is 1. The molecule has 0 aliphatic carbocycles. The van der Waals surface area contributed by atoms with E-state index < -0.39 is 5.54 Å². The second-order valence-electron chi connectivity index (χ2n) is 9.26. The highest BCUT2D eigenvalue weighted by Gasteiger charge is 2.43. The summed E-state index contributed by atoms with van der Waals surface area (Å²) in [5.41, 5.74) is 7.55. The first kappa shape index (κ1) is 29.3. The van der Waals surface area contributed by atoms with Gasteiger partial charge in [0.1, 0.15) is 18.2 Å². The predicted octanol–water partition coefficient (Wildman–Crippen LogP) is 4.76. The zero-order chi connectivity index (χ0) is 28.0. The second kappa shape index (κ2) is 15.2. The molecule has 7 nitrogen and oxygen atoms in total. The van der Waals surface area contributed by atoms with E-state index in [1.54, 1.807) is 23.9 Å². The number of hydrogen-bond acceptors (Lipinski definition) is 7. The number of hydrogen-bond donors (Lipinski definition) is 3. The summed E-state index contributed by atoms with van der Waals surface area (Å²) < 4.78 is 24.6. The van der Waals surface area contributed by atoms with E-state index >= 15 is 0 Å². The number of carbonyl (C=O) groups excluding carboxylic acids is 1. The number of carbonyl (C=O) groups is 1. The van der Waals surface area contributed by atoms with Crippen LogP contribution in [0.25, 0.3) is 6.08 Å². The first-order valence-corrected chi connectivity index (χ1v) is 14.4. The number of amides is 1. The van der Waals surface area contributed by atoms with Crippen LogP contribution in [0.2, 0.25) is 0 Å². The normalized spacial score (nSPS) is 16.5. The predicted molar refractivity (Wildman–Crippen MR) is 158 cm³/mol. The van der Waals surface area contributed by atoms with Crippen LogP contribution in [0.5, 0.6) is 5.75 Å². The summed E-state index contributed by atoms with van der Waals surface area (Å²) in [6.07, 6.45) is 4.84. The number of rotatable bonds is 15. The number of hydrazine groups is 1. The standard InChI is InChI=1S/C31H34FN3O4S/c32-27-13-9-25(10-14-27)22-40-21-18-33-35-30(37)31(17-4-8-24-6-2-1-3-7-24)23-39-29(34-31)26-11-15-28(16-12-26)38-20-5-19-36/h1-4,6-16,33,36H,5,17-23H2,(H,35,37)/b8-4+/t31-/m0/s1. The lowest BCUT2D eigenvalue weighted by molar-refractivity contribution is -0.127. The molecule has 40 heavy (non-hydrogen) atoms. The number of nitrogens with one attached hydrogen (secondary N) is 2. The maximum absolute atomic E-state index is 13.4. The van der Waals surface area contributed by atoms with Crippen LogP contribution in [-0.4, -0.2) is 54.6 Å². The van der Waals surface area contributed by atoms with E-state index in [2.05, 4.69) is 10.9 Å². The lowest BCUT2D eigenvalue weighted by atomic mass is 9.95. The highest BCUT2D eigenvalue weighted by Crippen LogP contribution is 2.27. The quantitative estimate of drug-likeness (QED) is 0.182. The van der Waals surface area contributed by atoms with E-state index in [0.29, 0.717) is 37.6 Å². The van der Waals surface area contributed by atoms with E-state index in [4.69, 9.17) is 19.6 Å². The zero-order valence-corrected chi connectivity index (χ0v) is 23.0. The summed E-state index contributed by atoms with van der Waals surface area (Å²) in [5.74, 6) is 2.10. The summed E-state index contributed by atoms with van der Waals surface area (Å²) >= 11 is 1.69. The van der Waals surface area contributed by atoms with E-state index in [1.807, 2.05) is 66.7 Å². The Morgan fingerprint density at radius 3 is 2.62 bits per heavy atom. The second-order valence-corrected chi connectivity index (χ2v) is 10.4. The average Bonchev–Trinajstić information content (AvgIpc) is 3.42. The number of halogens is 1. The number of ether oxygens (including phenoxy) is 2. The Hall–Kier alpha value is -3.66. The van der Waals surface area contributed by atoms with Gasteiger partial charge in [-0.3, -0.25) is 10.2 Å². The van der Waals surface area contributed by atoms with E-state index in [1.165, 1.54) is 12.1 Å². The van der Waals surface area contributed by atoms with Gasteiger partial charge in [0.2, 0.25) is 5.90 Å². The van der Waals surface area contributed by atoms with Gasteiger partial charge in [-0.05, 0) is 47.5 Å². The Labute approximate surface area is 238 Å². The Morgan fingerprint density at radius 1 is 1.10 bits per heavy atom. The summed E-state index contributed by atoms with van der Waals surface area (Å²) in [6.45, 7) is 1.18. The Morgan fingerprint density at radius 2 is 1.88 bits per heavy atom. The first-order chi connectivity index (χ1) is 19.6. The molecule has 0 radical (unpaired) electrons. The fourth-order valence-electron chi connectivity index (χ4n) is 3.96. The van der Waals surface area contributed by atoms with E-state index in [-0.39, 0.29) is 24.9 Å². The van der Waals surface area contributed by atoms with Crippen LogP contribution in [0.4, 0.5) is 4.39 Å². The monoisotopic (exact) mass is 563 g/mol. The minimum absolute atomic E-state index is 0.0787. The summed E-state index contributed by atoms with van der Waals surface area (Å²) in [4.78, 5) is 18.2. The highest BCUT2D eigenvalue weighted by atomic mass is 32.2. The smallest absolute Gasteiger partial charge is 0.266 e. The van der Waals surface area contributed by atoms with Gasteiger partial charge < -0.3 is 14.6 Å². The maximum atomic E-state index is 13.4. The lowest BCUT2D eigenvalue weighted by Gasteiger charge is -2.21. The Bertz CT molecular complexity index is 1270. The zero-order valence-electron chi connectivity index (χ0n) is 22.2. The molecular formula is C31H34FN3O4S. The minimum Gasteiger partial charge on any atom is -0.494 e. The van der Waals surface area contributed by atoms with Crippen LogP contribution >= 0.6 is 11.8 Å². The topological polar surface area (TPSA) is 92.2 Å². The Kier molecular flexibility index (Phi) is 11.2. The van der Waals surface area contributed by atoms with Gasteiger partial charge in [-0.15, -0.1) is 0 Å². The number of thioether (sulfide) groups is 1. The molecule has 3 aromatic rings. The van der Waals surface area contributed by atoms with Crippen LogP contribution in [-0.2, 0) is 15.3 Å². The lowest BCUT2D eigenvalue weighted by Crippen LogP contribution is -2.51. The number of aliphatic hydroxyl groups excluding tert-OH is 1. The summed E-state index contributed by atoms with van der Waals surface area (Å²) in [7, 11) is 0. The van der Waals surface area contributed by atoms with Gasteiger partial charge in [0.15, 0.2) is 5.54 Å². The van der Waals surface area contributed by atoms with Crippen LogP contribution in [0.15, 0.2) is 89.9 Å². The summed E-state index contributed by atoms with van der Waals surface area (Å²) in [6, 6.07) is 23.7. The number of aliphatic hydroxyl groups is 1. The van der Waals surface area contributed by atoms with Crippen molar-refractivity contribution in [1.82, 2.24) is 10.9 Å². The van der Waals surface area contributed by atoms with Gasteiger partial charge in [-0.25, -0.2) is 14.8 Å². The van der Waals surface area contributed by atoms with Crippen LogP contribution < -0.4 is 15.6 Å². The van der Waals surface area contributed by atoms with Gasteiger partial charge in [-0.1, -0.05) is 54.6 Å². The van der Waals surface area contributed by atoms with Gasteiger partial charge in [-0.2, -0.15) is 11.8 Å². The molecule has 1 atom stereocenters. The van der Waals surface area contributed by atoms with Crippen molar-refractivity contribution in [3.8, 4) is 5.75 Å². The molecule has 9 heteroatoms. The Balaban J connectivity index is 1.36. The molecule has 1 aliphatic rings. The van der Waals surface area contributed by atoms with Crippen LogP contribution in [0, 0.1) is 5.82 Å². The van der Waals surface area contributed by atoms with Crippen molar-refractivity contribution in [1.29, 1.82) is 0 Å². The van der Waals surface area contributed by atoms with Crippen molar-refractivity contribution in [2.24, 2.45) is 4.99 Å². The van der Waals surface area contributed by atoms with Crippen LogP contribution in [0.3, 0.4) is 0 Å². The molecule has 1 heterocycles. The minimum atomic E-state index is -1.12. The number of aliphatic imine (C=N–C) groups is 1. The number of benzene rings is 3. The molecule has 0 fully saturated rings. The average molecular weight is 564 g/mol. The SMILES string of the molecule is O=C(NNCCSCc1ccc(F)cc1)[C@]1(C/C=C/c2ccccc2)COC(c2ccc(OCCCO)cc2)=N1. The fourth-order valence-corrected chi connectivity index (χ4v) is 4.78. The molecule has 210 valence electrons. The third-order valence-corrected chi connectivity index (χ3v) is 7.21. The van der Waals surface area contributed by atoms with E-state index in [9.17, 15) is 9.18 Å². The molecular weight excluding hydrogens is 529 g/mol. The van der Waals surface area contributed by atoms with Crippen molar-refractivity contribution in [2.45, 2.75) is 24.1 Å². The molecule has 0 bridgehead atoms. The molecule has 4 rings (SSSR count).